The van der Waals surface area contributed by atoms with Crippen LogP contribution in [-0.2, 0) is 16.2 Å². The third-order valence-electron chi connectivity index (χ3n) is 5.24. The van der Waals surface area contributed by atoms with Crippen molar-refractivity contribution in [2.75, 3.05) is 19.6 Å². The fourth-order valence-electron chi connectivity index (χ4n) is 3.53. The molecule has 3 amide bonds. The average Bonchev–Trinajstić information content (AvgIpc) is 3.39. The van der Waals surface area contributed by atoms with Gasteiger partial charge in [0.05, 0.1) is 13.9 Å². The maximum Gasteiger partial charge on any atom is 0.294 e. The average molecular weight is 706 g/mol. The van der Waals surface area contributed by atoms with Crippen molar-refractivity contribution in [2.24, 2.45) is 0 Å². The number of amides is 3. The van der Waals surface area contributed by atoms with E-state index in [1.165, 1.54) is 0 Å². The molecule has 2 aromatic rings. The fraction of sp³-hybridized carbons (Fsp3) is 0.261. The van der Waals surface area contributed by atoms with Crippen LogP contribution in [0.1, 0.15) is 24.0 Å². The summed E-state index contributed by atoms with van der Waals surface area (Å²) in [4.78, 5) is 40.6. The molecule has 0 radical (unpaired) electrons. The number of nitrogens with zero attached hydrogens (tertiary/aromatic N) is 2. The number of hydrogen-bond acceptors (Lipinski definition) is 5. The van der Waals surface area contributed by atoms with Crippen LogP contribution in [0, 0.1) is 3.57 Å². The summed E-state index contributed by atoms with van der Waals surface area (Å²) < 4.78 is 8.57. The summed E-state index contributed by atoms with van der Waals surface area (Å²) in [7, 11) is 0. The normalized spacial score (nSPS) is 17.4. The lowest BCUT2D eigenvalue weighted by Crippen LogP contribution is -2.40. The summed E-state index contributed by atoms with van der Waals surface area (Å²) in [5, 5.41) is -0.422. The number of carbonyl (C=O) groups is 3. The molecule has 2 heterocycles. The number of rotatable bonds is 6. The van der Waals surface area contributed by atoms with Crippen molar-refractivity contribution in [3.05, 3.63) is 64.9 Å². The van der Waals surface area contributed by atoms with E-state index in [0.717, 1.165) is 53.1 Å². The van der Waals surface area contributed by atoms with Gasteiger partial charge in [0.1, 0.15) is 18.9 Å². The van der Waals surface area contributed by atoms with Crippen molar-refractivity contribution in [2.45, 2.75) is 19.4 Å². The van der Waals surface area contributed by atoms with Gasteiger partial charge in [-0.1, -0.05) is 12.1 Å². The first-order valence-electron chi connectivity index (χ1n) is 10.2. The molecule has 0 aromatic heterocycles. The Morgan fingerprint density at radius 2 is 1.73 bits per heavy atom. The molecule has 0 N–H and O–H groups in total. The van der Waals surface area contributed by atoms with Crippen molar-refractivity contribution >= 4 is 89.3 Å². The zero-order chi connectivity index (χ0) is 23.5. The van der Waals surface area contributed by atoms with Gasteiger partial charge < -0.3 is 9.64 Å². The van der Waals surface area contributed by atoms with Gasteiger partial charge in [-0.15, -0.1) is 0 Å². The van der Waals surface area contributed by atoms with E-state index >= 15 is 0 Å². The Morgan fingerprint density at radius 1 is 1.09 bits per heavy atom. The summed E-state index contributed by atoms with van der Waals surface area (Å²) in [6, 6.07) is 11.7. The number of benzene rings is 2. The van der Waals surface area contributed by atoms with Crippen LogP contribution in [0.5, 0.6) is 5.75 Å². The monoisotopic (exact) mass is 704 g/mol. The van der Waals surface area contributed by atoms with Gasteiger partial charge in [-0.05, 0) is 121 Å². The molecule has 33 heavy (non-hydrogen) atoms. The van der Waals surface area contributed by atoms with E-state index < -0.39 is 11.1 Å². The molecular weight excluding hydrogens is 687 g/mol. The van der Waals surface area contributed by atoms with Gasteiger partial charge in [-0.3, -0.25) is 19.3 Å². The Hall–Kier alpha value is -1.37. The minimum Gasteiger partial charge on any atom is -0.487 e. The first-order valence-corrected chi connectivity index (χ1v) is 13.7. The maximum atomic E-state index is 12.8. The second kappa shape index (κ2) is 10.9. The van der Waals surface area contributed by atoms with Crippen LogP contribution < -0.4 is 4.74 Å². The summed E-state index contributed by atoms with van der Waals surface area (Å²) in [6.07, 6.45) is 3.58. The van der Waals surface area contributed by atoms with Gasteiger partial charge in [0.25, 0.3) is 11.1 Å². The van der Waals surface area contributed by atoms with E-state index in [1.54, 1.807) is 11.0 Å². The first-order chi connectivity index (χ1) is 15.8. The highest BCUT2D eigenvalue weighted by Gasteiger charge is 2.37. The highest BCUT2D eigenvalue weighted by atomic mass is 127. The molecule has 0 saturated carbocycles. The Kier molecular flexibility index (Phi) is 8.19. The van der Waals surface area contributed by atoms with Crippen LogP contribution in [0.25, 0.3) is 6.08 Å². The smallest absolute Gasteiger partial charge is 0.294 e. The van der Waals surface area contributed by atoms with E-state index in [0.29, 0.717) is 30.4 Å². The molecule has 2 aromatic carbocycles. The SMILES string of the molecule is O=C(CN1C(=O)S/C(=C/c2cc(Br)c(OCc3ccc(I)cc3)c(Br)c2)C1=O)N1CCCC1. The highest BCUT2D eigenvalue weighted by molar-refractivity contribution is 14.1. The van der Waals surface area contributed by atoms with Gasteiger partial charge in [-0.2, -0.15) is 0 Å². The Bertz CT molecular complexity index is 1110. The Labute approximate surface area is 226 Å². The molecule has 2 saturated heterocycles. The molecule has 172 valence electrons. The second-order valence-electron chi connectivity index (χ2n) is 7.58. The van der Waals surface area contributed by atoms with Crippen molar-refractivity contribution in [1.82, 2.24) is 9.80 Å². The quantitative estimate of drug-likeness (QED) is 0.271. The Balaban J connectivity index is 1.45. The first kappa shape index (κ1) is 24.7. The molecule has 6 nitrogen and oxygen atoms in total. The second-order valence-corrected chi connectivity index (χ2v) is 11.5. The zero-order valence-electron chi connectivity index (χ0n) is 17.4. The molecule has 2 fully saturated rings. The van der Waals surface area contributed by atoms with Crippen LogP contribution in [0.2, 0.25) is 0 Å². The number of likely N-dealkylation sites (tertiary alicyclic amines) is 1. The van der Waals surface area contributed by atoms with Crippen molar-refractivity contribution < 1.29 is 19.1 Å². The lowest BCUT2D eigenvalue weighted by Gasteiger charge is -2.18. The van der Waals surface area contributed by atoms with Gasteiger partial charge >= 0.3 is 0 Å². The Morgan fingerprint density at radius 3 is 2.36 bits per heavy atom. The molecule has 0 bridgehead atoms. The van der Waals surface area contributed by atoms with Crippen molar-refractivity contribution in [3.63, 3.8) is 0 Å². The van der Waals surface area contributed by atoms with Crippen molar-refractivity contribution in [1.29, 1.82) is 0 Å². The summed E-state index contributed by atoms with van der Waals surface area (Å²) in [5.41, 5.74) is 1.78. The number of thioether (sulfide) groups is 1. The molecule has 10 heteroatoms. The molecule has 0 spiro atoms. The molecule has 0 unspecified atom stereocenters. The zero-order valence-corrected chi connectivity index (χ0v) is 23.5. The van der Waals surface area contributed by atoms with Crippen LogP contribution in [0.4, 0.5) is 4.79 Å². The van der Waals surface area contributed by atoms with Gasteiger partial charge in [0.15, 0.2) is 0 Å². The number of imide groups is 1. The lowest BCUT2D eigenvalue weighted by molar-refractivity contribution is -0.135. The van der Waals surface area contributed by atoms with Crippen LogP contribution >= 0.6 is 66.2 Å². The molecule has 2 aliphatic heterocycles. The van der Waals surface area contributed by atoms with Crippen LogP contribution in [0.3, 0.4) is 0 Å². The van der Waals surface area contributed by atoms with Crippen LogP contribution in [-0.4, -0.2) is 46.5 Å². The third-order valence-corrected chi connectivity index (χ3v) is 8.05. The maximum absolute atomic E-state index is 12.8. The number of ether oxygens (including phenoxy) is 1. The van der Waals surface area contributed by atoms with E-state index in [9.17, 15) is 14.4 Å². The van der Waals surface area contributed by atoms with Gasteiger partial charge in [0, 0.05) is 16.7 Å². The number of halogens is 3. The predicted molar refractivity (Wildman–Crippen MR) is 144 cm³/mol. The third kappa shape index (κ3) is 6.01. The number of carbonyl (C=O) groups excluding carboxylic acids is 3. The summed E-state index contributed by atoms with van der Waals surface area (Å²) in [5.74, 6) is 0.0232. The number of hydrogen-bond donors (Lipinski definition) is 0. The lowest BCUT2D eigenvalue weighted by atomic mass is 10.2. The minimum absolute atomic E-state index is 0.184. The van der Waals surface area contributed by atoms with E-state index in [-0.39, 0.29) is 12.5 Å². The van der Waals surface area contributed by atoms with E-state index in [4.69, 9.17) is 4.74 Å². The molecule has 0 aliphatic carbocycles. The van der Waals surface area contributed by atoms with Gasteiger partial charge in [0.2, 0.25) is 5.91 Å². The molecule has 0 atom stereocenters. The molecule has 2 aliphatic rings. The molecular formula is C23H19Br2IN2O4S. The largest absolute Gasteiger partial charge is 0.487 e. The topological polar surface area (TPSA) is 66.9 Å². The standard InChI is InChI=1S/C23H19Br2IN2O4S/c24-17-9-15(10-18(25)21(17)32-13-14-3-5-16(26)6-4-14)11-19-22(30)28(23(31)33-19)12-20(29)27-7-1-2-8-27/h3-6,9-11H,1-2,7-8,12-13H2/b19-11+. The van der Waals surface area contributed by atoms with Crippen LogP contribution in [0.15, 0.2) is 50.2 Å². The summed E-state index contributed by atoms with van der Waals surface area (Å²) in [6.45, 7) is 1.58. The van der Waals surface area contributed by atoms with E-state index in [1.807, 2.05) is 36.4 Å². The predicted octanol–water partition coefficient (Wildman–Crippen LogP) is 6.05. The van der Waals surface area contributed by atoms with Crippen molar-refractivity contribution in [3.8, 4) is 5.75 Å². The minimum atomic E-state index is -0.441. The fourth-order valence-corrected chi connectivity index (χ4v) is 6.17. The van der Waals surface area contributed by atoms with E-state index in [2.05, 4.69) is 54.5 Å². The highest BCUT2D eigenvalue weighted by Crippen LogP contribution is 2.38. The summed E-state index contributed by atoms with van der Waals surface area (Å²) >= 11 is 10.2. The molecule has 4 rings (SSSR count). The van der Waals surface area contributed by atoms with Gasteiger partial charge in [-0.25, -0.2) is 0 Å².